The van der Waals surface area contributed by atoms with Gasteiger partial charge in [0.15, 0.2) is 11.5 Å². The summed E-state index contributed by atoms with van der Waals surface area (Å²) in [5.74, 6) is 1.16. The fourth-order valence-electron chi connectivity index (χ4n) is 3.54. The first-order valence-corrected chi connectivity index (χ1v) is 13.2. The molecule has 0 spiro atoms. The molecule has 3 aromatic carbocycles. The average Bonchev–Trinajstić information content (AvgIpc) is 2.88. The zero-order valence-electron chi connectivity index (χ0n) is 21.6. The average molecular weight is 529 g/mol. The molecule has 0 aliphatic heterocycles. The Hall–Kier alpha value is -3.92. The molecule has 0 unspecified atom stereocenters. The molecule has 1 N–H and O–H groups in total. The molecule has 3 aromatic rings. The molecule has 0 radical (unpaired) electrons. The molecule has 0 saturated heterocycles. The number of rotatable bonds is 12. The largest absolute Gasteiger partial charge is 0.494 e. The van der Waals surface area contributed by atoms with Crippen molar-refractivity contribution >= 4 is 27.3 Å². The third-order valence-electron chi connectivity index (χ3n) is 5.19. The highest BCUT2D eigenvalue weighted by Crippen LogP contribution is 2.33. The summed E-state index contributed by atoms with van der Waals surface area (Å²) in [6, 6.07) is 17.7. The standard InChI is InChI=1S/C27H32N2O7S/c1-6-35-21-13-11-20(12-14-21)29(37(31,32)22-15-16-25(33-4)26(17-22)34-5)18-27(30)28-23-9-7-8-10-24(23)36-19(2)3/h7-17,19H,6,18H2,1-5H3,(H,28,30). The van der Waals surface area contributed by atoms with E-state index in [2.05, 4.69) is 5.32 Å². The highest BCUT2D eigenvalue weighted by Gasteiger charge is 2.29. The second-order valence-electron chi connectivity index (χ2n) is 8.17. The van der Waals surface area contributed by atoms with Crippen LogP contribution in [0.2, 0.25) is 0 Å². The van der Waals surface area contributed by atoms with Gasteiger partial charge in [0.05, 0.1) is 43.2 Å². The zero-order valence-corrected chi connectivity index (χ0v) is 22.4. The third-order valence-corrected chi connectivity index (χ3v) is 6.96. The lowest BCUT2D eigenvalue weighted by molar-refractivity contribution is -0.114. The predicted octanol–water partition coefficient (Wildman–Crippen LogP) is 4.72. The van der Waals surface area contributed by atoms with E-state index in [-0.39, 0.29) is 16.7 Å². The maximum Gasteiger partial charge on any atom is 0.264 e. The number of hydrogen-bond acceptors (Lipinski definition) is 7. The van der Waals surface area contributed by atoms with Crippen molar-refractivity contribution in [2.45, 2.75) is 31.8 Å². The van der Waals surface area contributed by atoms with Crippen molar-refractivity contribution in [3.05, 3.63) is 66.7 Å². The fourth-order valence-corrected chi connectivity index (χ4v) is 4.98. The molecule has 37 heavy (non-hydrogen) atoms. The number of para-hydroxylation sites is 2. The van der Waals surface area contributed by atoms with Crippen molar-refractivity contribution in [1.29, 1.82) is 0 Å². The minimum Gasteiger partial charge on any atom is -0.494 e. The van der Waals surface area contributed by atoms with Crippen molar-refractivity contribution in [2.24, 2.45) is 0 Å². The minimum atomic E-state index is -4.19. The molecule has 10 heteroatoms. The second-order valence-corrected chi connectivity index (χ2v) is 10.0. The molecule has 198 valence electrons. The van der Waals surface area contributed by atoms with Gasteiger partial charge in [0, 0.05) is 6.07 Å². The van der Waals surface area contributed by atoms with Gasteiger partial charge in [0.25, 0.3) is 10.0 Å². The van der Waals surface area contributed by atoms with Crippen molar-refractivity contribution in [3.8, 4) is 23.0 Å². The molecule has 0 aliphatic rings. The number of carbonyl (C=O) groups excluding carboxylic acids is 1. The van der Waals surface area contributed by atoms with Crippen molar-refractivity contribution in [1.82, 2.24) is 0 Å². The number of ether oxygens (including phenoxy) is 4. The Morgan fingerprint density at radius 2 is 1.59 bits per heavy atom. The quantitative estimate of drug-likeness (QED) is 0.363. The Balaban J connectivity index is 1.98. The Morgan fingerprint density at radius 3 is 2.22 bits per heavy atom. The number of nitrogens with one attached hydrogen (secondary N) is 1. The lowest BCUT2D eigenvalue weighted by atomic mass is 10.2. The highest BCUT2D eigenvalue weighted by molar-refractivity contribution is 7.92. The molecule has 3 rings (SSSR count). The van der Waals surface area contributed by atoms with Crippen molar-refractivity contribution in [3.63, 3.8) is 0 Å². The summed E-state index contributed by atoms with van der Waals surface area (Å²) in [6.45, 7) is 5.59. The first-order chi connectivity index (χ1) is 17.7. The number of methoxy groups -OCH3 is 2. The molecule has 0 aliphatic carbocycles. The fraction of sp³-hybridized carbons (Fsp3) is 0.296. The molecule has 0 heterocycles. The van der Waals surface area contributed by atoms with Crippen molar-refractivity contribution < 1.29 is 32.2 Å². The van der Waals surface area contributed by atoms with Gasteiger partial charge in [-0.2, -0.15) is 0 Å². The highest BCUT2D eigenvalue weighted by atomic mass is 32.2. The van der Waals surface area contributed by atoms with E-state index >= 15 is 0 Å². The first kappa shape index (κ1) is 27.7. The van der Waals surface area contributed by atoms with Crippen LogP contribution in [-0.2, 0) is 14.8 Å². The van der Waals surface area contributed by atoms with Crippen LogP contribution in [0.4, 0.5) is 11.4 Å². The Labute approximate surface area is 218 Å². The van der Waals surface area contributed by atoms with Crippen LogP contribution in [0.1, 0.15) is 20.8 Å². The summed E-state index contributed by atoms with van der Waals surface area (Å²) < 4.78 is 50.4. The molecule has 1 amide bonds. The molecular formula is C27H32N2O7S. The van der Waals surface area contributed by atoms with Crippen LogP contribution in [0.3, 0.4) is 0 Å². The summed E-state index contributed by atoms with van der Waals surface area (Å²) in [5, 5.41) is 2.77. The molecular weight excluding hydrogens is 496 g/mol. The number of sulfonamides is 1. The number of anilines is 2. The topological polar surface area (TPSA) is 103 Å². The van der Waals surface area contributed by atoms with E-state index in [0.29, 0.717) is 35.2 Å². The van der Waals surface area contributed by atoms with Crippen LogP contribution < -0.4 is 28.6 Å². The summed E-state index contributed by atoms with van der Waals surface area (Å²) in [7, 11) is -1.31. The van der Waals surface area contributed by atoms with E-state index in [1.165, 1.54) is 32.4 Å². The minimum absolute atomic E-state index is 0.0598. The van der Waals surface area contributed by atoms with Gasteiger partial charge in [0.2, 0.25) is 5.91 Å². The number of carbonyl (C=O) groups is 1. The molecule has 0 saturated carbocycles. The third kappa shape index (κ3) is 6.85. The number of hydrogen-bond donors (Lipinski definition) is 1. The monoisotopic (exact) mass is 528 g/mol. The van der Waals surface area contributed by atoms with Gasteiger partial charge in [-0.05, 0) is 69.3 Å². The second kappa shape index (κ2) is 12.4. The predicted molar refractivity (Wildman–Crippen MR) is 143 cm³/mol. The molecule has 0 bridgehead atoms. The van der Waals surface area contributed by atoms with Gasteiger partial charge in [-0.3, -0.25) is 9.10 Å². The normalized spacial score (nSPS) is 11.1. The Morgan fingerprint density at radius 1 is 0.919 bits per heavy atom. The summed E-state index contributed by atoms with van der Waals surface area (Å²) in [5.41, 5.74) is 0.733. The van der Waals surface area contributed by atoms with Crippen LogP contribution >= 0.6 is 0 Å². The van der Waals surface area contributed by atoms with Gasteiger partial charge in [-0.1, -0.05) is 12.1 Å². The summed E-state index contributed by atoms with van der Waals surface area (Å²) in [6.07, 6.45) is -0.108. The Kier molecular flexibility index (Phi) is 9.24. The van der Waals surface area contributed by atoms with Gasteiger partial charge in [-0.25, -0.2) is 8.42 Å². The van der Waals surface area contributed by atoms with Gasteiger partial charge in [0.1, 0.15) is 18.0 Å². The van der Waals surface area contributed by atoms with E-state index in [1.807, 2.05) is 20.8 Å². The zero-order chi connectivity index (χ0) is 27.0. The van der Waals surface area contributed by atoms with Crippen LogP contribution in [-0.4, -0.2) is 47.8 Å². The summed E-state index contributed by atoms with van der Waals surface area (Å²) in [4.78, 5) is 13.1. The van der Waals surface area contributed by atoms with E-state index < -0.39 is 22.5 Å². The molecule has 9 nitrogen and oxygen atoms in total. The lowest BCUT2D eigenvalue weighted by Crippen LogP contribution is -2.38. The Bertz CT molecular complexity index is 1310. The van der Waals surface area contributed by atoms with Gasteiger partial charge in [-0.15, -0.1) is 0 Å². The van der Waals surface area contributed by atoms with E-state index in [0.717, 1.165) is 4.31 Å². The van der Waals surface area contributed by atoms with E-state index in [4.69, 9.17) is 18.9 Å². The van der Waals surface area contributed by atoms with Crippen molar-refractivity contribution in [2.75, 3.05) is 37.0 Å². The van der Waals surface area contributed by atoms with Crippen LogP contribution in [0, 0.1) is 0 Å². The van der Waals surface area contributed by atoms with Crippen LogP contribution in [0.25, 0.3) is 0 Å². The smallest absolute Gasteiger partial charge is 0.264 e. The first-order valence-electron chi connectivity index (χ1n) is 11.7. The van der Waals surface area contributed by atoms with Crippen LogP contribution in [0.15, 0.2) is 71.6 Å². The van der Waals surface area contributed by atoms with Gasteiger partial charge < -0.3 is 24.3 Å². The van der Waals surface area contributed by atoms with E-state index in [9.17, 15) is 13.2 Å². The lowest BCUT2D eigenvalue weighted by Gasteiger charge is -2.25. The maximum absolute atomic E-state index is 13.8. The van der Waals surface area contributed by atoms with E-state index in [1.54, 1.807) is 48.5 Å². The SMILES string of the molecule is CCOc1ccc(N(CC(=O)Nc2ccccc2OC(C)C)S(=O)(=O)c2ccc(OC)c(OC)c2)cc1. The number of nitrogens with zero attached hydrogens (tertiary/aromatic N) is 1. The molecule has 0 fully saturated rings. The summed E-state index contributed by atoms with van der Waals surface area (Å²) >= 11 is 0. The maximum atomic E-state index is 13.8. The van der Waals surface area contributed by atoms with Crippen LogP contribution in [0.5, 0.6) is 23.0 Å². The molecule has 0 aromatic heterocycles. The van der Waals surface area contributed by atoms with Gasteiger partial charge >= 0.3 is 0 Å². The number of amides is 1. The number of benzene rings is 3. The molecule has 0 atom stereocenters.